The summed E-state index contributed by atoms with van der Waals surface area (Å²) in [7, 11) is 1.66. The standard InChI is InChI=1S/C15H14Cl2N2OS/c1-20-12-4-2-3-11-15(12)18-14(7-8-16)19(11)9-10-5-6-13(17)21-10/h2-6H,7-9H2,1H3. The molecule has 1 aromatic carbocycles. The van der Waals surface area contributed by atoms with Gasteiger partial charge >= 0.3 is 0 Å². The SMILES string of the molecule is COc1cccc2c1nc(CCCl)n2Cc1ccc(Cl)s1. The van der Waals surface area contributed by atoms with E-state index >= 15 is 0 Å². The third kappa shape index (κ3) is 2.89. The molecule has 0 atom stereocenters. The van der Waals surface area contributed by atoms with Gasteiger partial charge in [-0.15, -0.1) is 22.9 Å². The smallest absolute Gasteiger partial charge is 0.146 e. The number of imidazole rings is 1. The van der Waals surface area contributed by atoms with Crippen LogP contribution in [0, 0.1) is 0 Å². The Kier molecular flexibility index (Phi) is 4.38. The maximum Gasteiger partial charge on any atom is 0.146 e. The molecule has 0 spiro atoms. The summed E-state index contributed by atoms with van der Waals surface area (Å²) in [5.74, 6) is 2.29. The van der Waals surface area contributed by atoms with Crippen LogP contribution in [0.5, 0.6) is 5.75 Å². The van der Waals surface area contributed by atoms with E-state index in [1.807, 2.05) is 24.3 Å². The Bertz CT molecular complexity index is 766. The summed E-state index contributed by atoms with van der Waals surface area (Å²) in [5.41, 5.74) is 1.93. The first-order valence-electron chi connectivity index (χ1n) is 6.55. The molecule has 3 aromatic rings. The molecule has 0 amide bonds. The van der Waals surface area contributed by atoms with E-state index < -0.39 is 0 Å². The Hall–Kier alpha value is -1.23. The first-order valence-corrected chi connectivity index (χ1v) is 8.28. The highest BCUT2D eigenvalue weighted by Crippen LogP contribution is 2.29. The second kappa shape index (κ2) is 6.26. The van der Waals surface area contributed by atoms with Crippen LogP contribution in [-0.4, -0.2) is 22.5 Å². The fraction of sp³-hybridized carbons (Fsp3) is 0.267. The second-order valence-corrected chi connectivity index (χ2v) is 6.76. The van der Waals surface area contributed by atoms with E-state index in [2.05, 4.69) is 10.6 Å². The van der Waals surface area contributed by atoms with Gasteiger partial charge in [0.2, 0.25) is 0 Å². The lowest BCUT2D eigenvalue weighted by molar-refractivity contribution is 0.419. The molecule has 0 bridgehead atoms. The van der Waals surface area contributed by atoms with Crippen LogP contribution in [0.25, 0.3) is 11.0 Å². The second-order valence-electron chi connectivity index (χ2n) is 4.59. The van der Waals surface area contributed by atoms with E-state index in [0.29, 0.717) is 5.88 Å². The molecule has 0 radical (unpaired) electrons. The van der Waals surface area contributed by atoms with Gasteiger partial charge in [-0.25, -0.2) is 4.98 Å². The molecule has 0 aliphatic carbocycles. The summed E-state index contributed by atoms with van der Waals surface area (Å²) >= 11 is 13.5. The van der Waals surface area contributed by atoms with Crippen molar-refractivity contribution >= 4 is 45.6 Å². The van der Waals surface area contributed by atoms with Crippen molar-refractivity contribution in [3.05, 3.63) is 45.4 Å². The highest BCUT2D eigenvalue weighted by molar-refractivity contribution is 7.16. The third-order valence-corrected chi connectivity index (χ3v) is 4.71. The Morgan fingerprint density at radius 3 is 2.81 bits per heavy atom. The van der Waals surface area contributed by atoms with E-state index in [-0.39, 0.29) is 0 Å². The van der Waals surface area contributed by atoms with E-state index in [1.165, 1.54) is 4.88 Å². The number of nitrogens with zero attached hydrogens (tertiary/aromatic N) is 2. The molecule has 0 fully saturated rings. The Morgan fingerprint density at radius 2 is 2.14 bits per heavy atom. The number of benzene rings is 1. The number of hydrogen-bond acceptors (Lipinski definition) is 3. The largest absolute Gasteiger partial charge is 0.494 e. The number of aryl methyl sites for hydroxylation is 1. The average Bonchev–Trinajstić information content (AvgIpc) is 3.04. The van der Waals surface area contributed by atoms with Gasteiger partial charge in [-0.05, 0) is 24.3 Å². The van der Waals surface area contributed by atoms with Crippen LogP contribution in [0.3, 0.4) is 0 Å². The van der Waals surface area contributed by atoms with E-state index in [9.17, 15) is 0 Å². The van der Waals surface area contributed by atoms with Gasteiger partial charge in [-0.1, -0.05) is 17.7 Å². The minimum atomic E-state index is 0.539. The molecule has 0 aliphatic heterocycles. The van der Waals surface area contributed by atoms with Crippen LogP contribution in [-0.2, 0) is 13.0 Å². The molecule has 0 saturated heterocycles. The van der Waals surface area contributed by atoms with Gasteiger partial charge in [0.1, 0.15) is 17.1 Å². The van der Waals surface area contributed by atoms with Crippen molar-refractivity contribution in [2.75, 3.05) is 13.0 Å². The summed E-state index contributed by atoms with van der Waals surface area (Å²) in [4.78, 5) is 5.89. The third-order valence-electron chi connectivity index (χ3n) is 3.30. The number of rotatable bonds is 5. The normalized spacial score (nSPS) is 11.2. The van der Waals surface area contributed by atoms with Gasteiger partial charge in [-0.2, -0.15) is 0 Å². The molecule has 3 rings (SSSR count). The Labute approximate surface area is 137 Å². The molecule has 2 aromatic heterocycles. The van der Waals surface area contributed by atoms with Crippen molar-refractivity contribution in [2.24, 2.45) is 0 Å². The summed E-state index contributed by atoms with van der Waals surface area (Å²) < 4.78 is 8.38. The van der Waals surface area contributed by atoms with Crippen LogP contribution < -0.4 is 4.74 Å². The van der Waals surface area contributed by atoms with Crippen molar-refractivity contribution in [1.29, 1.82) is 0 Å². The molecule has 21 heavy (non-hydrogen) atoms. The number of ether oxygens (including phenoxy) is 1. The van der Waals surface area contributed by atoms with Crippen LogP contribution >= 0.6 is 34.5 Å². The van der Waals surface area contributed by atoms with Crippen LogP contribution in [0.4, 0.5) is 0 Å². The maximum atomic E-state index is 6.02. The molecule has 0 unspecified atom stereocenters. The zero-order valence-corrected chi connectivity index (χ0v) is 13.8. The summed E-state index contributed by atoms with van der Waals surface area (Å²) in [5, 5.41) is 0. The van der Waals surface area contributed by atoms with Crippen molar-refractivity contribution in [3.63, 3.8) is 0 Å². The van der Waals surface area contributed by atoms with Gasteiger partial charge in [0.25, 0.3) is 0 Å². The van der Waals surface area contributed by atoms with E-state index in [0.717, 1.165) is 39.9 Å². The van der Waals surface area contributed by atoms with E-state index in [4.69, 9.17) is 32.9 Å². The number of methoxy groups -OCH3 is 1. The first-order chi connectivity index (χ1) is 10.2. The Morgan fingerprint density at radius 1 is 1.29 bits per heavy atom. The minimum Gasteiger partial charge on any atom is -0.494 e. The lowest BCUT2D eigenvalue weighted by atomic mass is 10.3. The molecule has 6 heteroatoms. The first kappa shape index (κ1) is 14.7. The number of fused-ring (bicyclic) bond motifs is 1. The number of halogens is 2. The summed E-state index contributed by atoms with van der Waals surface area (Å²) in [6.45, 7) is 0.743. The topological polar surface area (TPSA) is 27.1 Å². The van der Waals surface area contributed by atoms with Crippen molar-refractivity contribution in [1.82, 2.24) is 9.55 Å². The van der Waals surface area contributed by atoms with Crippen molar-refractivity contribution in [2.45, 2.75) is 13.0 Å². The lowest BCUT2D eigenvalue weighted by Gasteiger charge is -2.07. The summed E-state index contributed by atoms with van der Waals surface area (Å²) in [6.07, 6.45) is 0.721. The van der Waals surface area contributed by atoms with Gasteiger partial charge in [0.05, 0.1) is 23.5 Å². The fourth-order valence-electron chi connectivity index (χ4n) is 2.38. The summed E-state index contributed by atoms with van der Waals surface area (Å²) in [6, 6.07) is 9.92. The molecule has 110 valence electrons. The zero-order valence-electron chi connectivity index (χ0n) is 11.5. The van der Waals surface area contributed by atoms with Gasteiger partial charge in [0, 0.05) is 17.2 Å². The zero-order chi connectivity index (χ0) is 14.8. The lowest BCUT2D eigenvalue weighted by Crippen LogP contribution is -2.04. The predicted molar refractivity (Wildman–Crippen MR) is 89.1 cm³/mol. The Balaban J connectivity index is 2.11. The molecule has 3 nitrogen and oxygen atoms in total. The molecule has 0 saturated carbocycles. The molecular formula is C15H14Cl2N2OS. The van der Waals surface area contributed by atoms with Crippen molar-refractivity contribution < 1.29 is 4.74 Å². The van der Waals surface area contributed by atoms with Crippen LogP contribution in [0.15, 0.2) is 30.3 Å². The highest BCUT2D eigenvalue weighted by Gasteiger charge is 2.14. The number of hydrogen-bond donors (Lipinski definition) is 0. The number of aromatic nitrogens is 2. The van der Waals surface area contributed by atoms with E-state index in [1.54, 1.807) is 18.4 Å². The van der Waals surface area contributed by atoms with Gasteiger partial charge in [0.15, 0.2) is 0 Å². The molecule has 2 heterocycles. The maximum absolute atomic E-state index is 6.02. The predicted octanol–water partition coefficient (Wildman–Crippen LogP) is 4.59. The minimum absolute atomic E-state index is 0.539. The van der Waals surface area contributed by atoms with Crippen LogP contribution in [0.1, 0.15) is 10.7 Å². The quantitative estimate of drug-likeness (QED) is 0.635. The van der Waals surface area contributed by atoms with Gasteiger partial charge < -0.3 is 9.30 Å². The number of alkyl halides is 1. The average molecular weight is 341 g/mol. The molecule has 0 N–H and O–H groups in total. The monoisotopic (exact) mass is 340 g/mol. The van der Waals surface area contributed by atoms with Crippen LogP contribution in [0.2, 0.25) is 4.34 Å². The number of thiophene rings is 1. The van der Waals surface area contributed by atoms with Crippen molar-refractivity contribution in [3.8, 4) is 5.75 Å². The number of para-hydroxylation sites is 1. The molecular weight excluding hydrogens is 327 g/mol. The highest BCUT2D eigenvalue weighted by atomic mass is 35.5. The van der Waals surface area contributed by atoms with Gasteiger partial charge in [-0.3, -0.25) is 0 Å². The molecule has 0 aliphatic rings. The fourth-order valence-corrected chi connectivity index (χ4v) is 3.62.